The van der Waals surface area contributed by atoms with Crippen molar-refractivity contribution in [3.05, 3.63) is 82.1 Å². The summed E-state index contributed by atoms with van der Waals surface area (Å²) in [6.45, 7) is 2.24. The summed E-state index contributed by atoms with van der Waals surface area (Å²) < 4.78 is 0. The van der Waals surface area contributed by atoms with E-state index in [1.54, 1.807) is 17.8 Å². The van der Waals surface area contributed by atoms with E-state index in [0.717, 1.165) is 11.1 Å². The van der Waals surface area contributed by atoms with Crippen LogP contribution in [0.1, 0.15) is 71.7 Å². The van der Waals surface area contributed by atoms with Crippen LogP contribution in [0, 0.1) is 0 Å². The van der Waals surface area contributed by atoms with E-state index in [2.05, 4.69) is 31.2 Å². The highest BCUT2D eigenvalue weighted by atomic mass is 32.1. The molecular weight excluding hydrogens is 540 g/mol. The lowest BCUT2D eigenvalue weighted by Gasteiger charge is -2.25. The standard InChI is InChI=1S/C30H36N6O4S/c1-2-22-28(39)35-24(18-21-8-4-3-5-9-21)30-36-25(19-41-30)27(38)32-15-7-6-10-23(29(40)34-22)33-26(37)12-11-20-13-16-31-17-14-20/h3-5,8-9,13-14,16-17,19,22-24H,2,6-7,10-12,15,18H2,1H3,(H,32,38)(H,33,37)(H,34,40)(H,35,39)/t22-,23+,24+/m1/s1. The van der Waals surface area contributed by atoms with Crippen LogP contribution in [0.4, 0.5) is 0 Å². The highest BCUT2D eigenvalue weighted by Gasteiger charge is 2.28. The number of thiazole rings is 1. The van der Waals surface area contributed by atoms with Gasteiger partial charge in [0, 0.05) is 30.7 Å². The van der Waals surface area contributed by atoms with E-state index in [9.17, 15) is 19.2 Å². The molecule has 11 heteroatoms. The number of amides is 4. The topological polar surface area (TPSA) is 142 Å². The van der Waals surface area contributed by atoms with Gasteiger partial charge in [0.05, 0.1) is 6.04 Å². The lowest BCUT2D eigenvalue weighted by Crippen LogP contribution is -2.54. The Hall–Kier alpha value is -4.12. The van der Waals surface area contributed by atoms with Crippen LogP contribution in [0.3, 0.4) is 0 Å². The largest absolute Gasteiger partial charge is 0.351 e. The molecule has 41 heavy (non-hydrogen) atoms. The van der Waals surface area contributed by atoms with Crippen molar-refractivity contribution in [2.75, 3.05) is 6.54 Å². The van der Waals surface area contributed by atoms with Crippen molar-refractivity contribution < 1.29 is 19.2 Å². The molecule has 1 aliphatic rings. The van der Waals surface area contributed by atoms with Gasteiger partial charge in [-0.2, -0.15) is 0 Å². The molecule has 0 saturated carbocycles. The van der Waals surface area contributed by atoms with Crippen LogP contribution in [0.2, 0.25) is 0 Å². The minimum absolute atomic E-state index is 0.220. The van der Waals surface area contributed by atoms with Crippen LogP contribution in [-0.4, -0.2) is 52.2 Å². The number of nitrogens with one attached hydrogen (secondary N) is 4. The molecule has 216 valence electrons. The molecular formula is C30H36N6O4S. The predicted molar refractivity (Wildman–Crippen MR) is 156 cm³/mol. The fourth-order valence-corrected chi connectivity index (χ4v) is 5.46. The molecule has 3 aromatic rings. The summed E-state index contributed by atoms with van der Waals surface area (Å²) in [6.07, 6.45) is 6.52. The van der Waals surface area contributed by atoms with Crippen molar-refractivity contribution in [3.8, 4) is 0 Å². The first-order valence-corrected chi connectivity index (χ1v) is 14.9. The van der Waals surface area contributed by atoms with E-state index in [1.165, 1.54) is 11.3 Å². The first-order chi connectivity index (χ1) is 19.9. The number of nitrogens with zero attached hydrogens (tertiary/aromatic N) is 2. The summed E-state index contributed by atoms with van der Waals surface area (Å²) in [6, 6.07) is 11.3. The maximum absolute atomic E-state index is 13.4. The van der Waals surface area contributed by atoms with Crippen LogP contribution in [0.25, 0.3) is 0 Å². The zero-order valence-corrected chi connectivity index (χ0v) is 23.9. The van der Waals surface area contributed by atoms with Crippen molar-refractivity contribution in [2.45, 2.75) is 70.0 Å². The Labute approximate surface area is 243 Å². The monoisotopic (exact) mass is 576 g/mol. The van der Waals surface area contributed by atoms with Gasteiger partial charge in [0.2, 0.25) is 17.7 Å². The van der Waals surface area contributed by atoms with Crippen LogP contribution in [0.5, 0.6) is 0 Å². The second-order valence-electron chi connectivity index (χ2n) is 10.0. The van der Waals surface area contributed by atoms with Crippen molar-refractivity contribution in [2.24, 2.45) is 0 Å². The van der Waals surface area contributed by atoms with Gasteiger partial charge in [0.1, 0.15) is 22.8 Å². The zero-order valence-electron chi connectivity index (χ0n) is 23.1. The molecule has 1 aliphatic heterocycles. The van der Waals surface area contributed by atoms with Gasteiger partial charge in [0.25, 0.3) is 5.91 Å². The average molecular weight is 577 g/mol. The minimum atomic E-state index is -0.802. The first-order valence-electron chi connectivity index (χ1n) is 14.0. The molecule has 0 spiro atoms. The van der Waals surface area contributed by atoms with Gasteiger partial charge >= 0.3 is 0 Å². The Kier molecular flexibility index (Phi) is 10.9. The number of carbonyl (C=O) groups is 4. The number of hydrogen-bond acceptors (Lipinski definition) is 7. The third-order valence-electron chi connectivity index (χ3n) is 6.94. The van der Waals surface area contributed by atoms with Gasteiger partial charge in [-0.05, 0) is 61.8 Å². The zero-order chi connectivity index (χ0) is 29.0. The highest BCUT2D eigenvalue weighted by Crippen LogP contribution is 2.23. The molecule has 3 atom stereocenters. The van der Waals surface area contributed by atoms with E-state index in [4.69, 9.17) is 0 Å². The lowest BCUT2D eigenvalue weighted by atomic mass is 10.0. The van der Waals surface area contributed by atoms with E-state index in [0.29, 0.717) is 55.8 Å². The third-order valence-corrected chi connectivity index (χ3v) is 7.90. The Morgan fingerprint density at radius 3 is 2.49 bits per heavy atom. The molecule has 2 bridgehead atoms. The minimum Gasteiger partial charge on any atom is -0.351 e. The van der Waals surface area contributed by atoms with E-state index in [1.807, 2.05) is 49.4 Å². The fraction of sp³-hybridized carbons (Fsp3) is 0.400. The van der Waals surface area contributed by atoms with Crippen molar-refractivity contribution >= 4 is 35.0 Å². The fourth-order valence-electron chi connectivity index (χ4n) is 4.61. The summed E-state index contributed by atoms with van der Waals surface area (Å²) in [5.74, 6) is -1.28. The van der Waals surface area contributed by atoms with Crippen LogP contribution in [-0.2, 0) is 27.2 Å². The van der Waals surface area contributed by atoms with Gasteiger partial charge in [0.15, 0.2) is 0 Å². The first kappa shape index (κ1) is 29.9. The van der Waals surface area contributed by atoms with Gasteiger partial charge < -0.3 is 21.3 Å². The average Bonchev–Trinajstić information content (AvgIpc) is 3.49. The van der Waals surface area contributed by atoms with Gasteiger partial charge in [-0.15, -0.1) is 11.3 Å². The van der Waals surface area contributed by atoms with Crippen molar-refractivity contribution in [1.82, 2.24) is 31.2 Å². The Morgan fingerprint density at radius 1 is 0.976 bits per heavy atom. The second-order valence-corrected chi connectivity index (χ2v) is 10.9. The summed E-state index contributed by atoms with van der Waals surface area (Å²) in [7, 11) is 0. The number of rotatable bonds is 7. The SMILES string of the molecule is CC[C@H]1NC(=O)[C@@H](NC(=O)CCc2ccncc2)CCCCNC(=O)c2csc(n2)[C@H](Cc2ccccc2)NC1=O. The number of fused-ring (bicyclic) bond motifs is 2. The van der Waals surface area contributed by atoms with Crippen LogP contribution < -0.4 is 21.3 Å². The molecule has 0 saturated heterocycles. The molecule has 10 nitrogen and oxygen atoms in total. The van der Waals surface area contributed by atoms with Crippen molar-refractivity contribution in [1.29, 1.82) is 0 Å². The van der Waals surface area contributed by atoms with Gasteiger partial charge in [-0.1, -0.05) is 37.3 Å². The molecule has 1 aromatic carbocycles. The smallest absolute Gasteiger partial charge is 0.270 e. The van der Waals surface area contributed by atoms with E-state index < -0.39 is 24.0 Å². The number of pyridine rings is 1. The molecule has 4 N–H and O–H groups in total. The summed E-state index contributed by atoms with van der Waals surface area (Å²) >= 11 is 1.32. The molecule has 3 heterocycles. The Morgan fingerprint density at radius 2 is 1.73 bits per heavy atom. The predicted octanol–water partition coefficient (Wildman–Crippen LogP) is 2.86. The number of carbonyl (C=O) groups excluding carboxylic acids is 4. The maximum Gasteiger partial charge on any atom is 0.270 e. The number of hydrogen-bond donors (Lipinski definition) is 4. The molecule has 0 unspecified atom stereocenters. The van der Waals surface area contributed by atoms with Crippen molar-refractivity contribution in [3.63, 3.8) is 0 Å². The quantitative estimate of drug-likeness (QED) is 0.341. The number of aryl methyl sites for hydroxylation is 1. The van der Waals surface area contributed by atoms with E-state index >= 15 is 0 Å². The molecule has 0 fully saturated rings. The maximum atomic E-state index is 13.4. The van der Waals surface area contributed by atoms with Crippen LogP contribution >= 0.6 is 11.3 Å². The summed E-state index contributed by atoms with van der Waals surface area (Å²) in [5, 5.41) is 13.9. The molecule has 4 rings (SSSR count). The lowest BCUT2D eigenvalue weighted by molar-refractivity contribution is -0.132. The van der Waals surface area contributed by atoms with Gasteiger partial charge in [-0.25, -0.2) is 4.98 Å². The van der Waals surface area contributed by atoms with E-state index in [-0.39, 0.29) is 24.1 Å². The molecule has 2 aromatic heterocycles. The van der Waals surface area contributed by atoms with Crippen LogP contribution in [0.15, 0.2) is 60.2 Å². The molecule has 0 aliphatic carbocycles. The van der Waals surface area contributed by atoms with Gasteiger partial charge in [-0.3, -0.25) is 24.2 Å². The summed E-state index contributed by atoms with van der Waals surface area (Å²) in [4.78, 5) is 60.8. The second kappa shape index (κ2) is 15.0. The molecule has 0 radical (unpaired) electrons. The summed E-state index contributed by atoms with van der Waals surface area (Å²) in [5.41, 5.74) is 2.29. The Balaban J connectivity index is 1.50. The molecule has 4 amide bonds. The number of benzene rings is 1. The third kappa shape index (κ3) is 8.94. The normalized spacial score (nSPS) is 20.4. The number of aromatic nitrogens is 2. The highest BCUT2D eigenvalue weighted by molar-refractivity contribution is 7.09. The Bertz CT molecular complexity index is 1320.